The van der Waals surface area contributed by atoms with Crippen LogP contribution in [0, 0.1) is 11.8 Å². The first-order valence-corrected chi connectivity index (χ1v) is 7.57. The number of benzene rings is 1. The van der Waals surface area contributed by atoms with Crippen LogP contribution in [0.25, 0.3) is 0 Å². The Labute approximate surface area is 124 Å². The Morgan fingerprint density at radius 2 is 2.05 bits per heavy atom. The predicted octanol–water partition coefficient (Wildman–Crippen LogP) is 2.12. The summed E-state index contributed by atoms with van der Waals surface area (Å²) in [5.41, 5.74) is 2.61. The van der Waals surface area contributed by atoms with Crippen LogP contribution in [0.1, 0.15) is 37.8 Å². The molecule has 0 aromatic heterocycles. The van der Waals surface area contributed by atoms with Crippen LogP contribution < -0.4 is 5.32 Å². The summed E-state index contributed by atoms with van der Waals surface area (Å²) >= 11 is 0. The van der Waals surface area contributed by atoms with Crippen LogP contribution in [0.3, 0.4) is 0 Å². The number of amides is 1. The molecule has 2 N–H and O–H groups in total. The van der Waals surface area contributed by atoms with Crippen LogP contribution in [-0.4, -0.2) is 23.0 Å². The quantitative estimate of drug-likeness (QED) is 0.891. The highest BCUT2D eigenvalue weighted by Crippen LogP contribution is 2.61. The lowest BCUT2D eigenvalue weighted by Crippen LogP contribution is -2.45. The number of carboxylic acids is 1. The zero-order valence-electron chi connectivity index (χ0n) is 12.4. The van der Waals surface area contributed by atoms with E-state index in [0.717, 1.165) is 19.3 Å². The van der Waals surface area contributed by atoms with Gasteiger partial charge in [0.15, 0.2) is 0 Å². The van der Waals surface area contributed by atoms with Crippen molar-refractivity contribution in [3.63, 3.8) is 0 Å². The van der Waals surface area contributed by atoms with Crippen molar-refractivity contribution in [3.8, 4) is 0 Å². The molecule has 1 spiro atoms. The van der Waals surface area contributed by atoms with Crippen molar-refractivity contribution in [2.75, 3.05) is 0 Å². The van der Waals surface area contributed by atoms with Crippen LogP contribution in [0.2, 0.25) is 0 Å². The SMILES string of the molecule is CC(C)[C@@H](NC(=O)C1CC12CCc1ccccc12)C(=O)O. The molecule has 2 unspecified atom stereocenters. The maximum absolute atomic E-state index is 12.4. The van der Waals surface area contributed by atoms with E-state index >= 15 is 0 Å². The van der Waals surface area contributed by atoms with Crippen LogP contribution in [-0.2, 0) is 21.4 Å². The van der Waals surface area contributed by atoms with Gasteiger partial charge in [-0.1, -0.05) is 38.1 Å². The van der Waals surface area contributed by atoms with E-state index in [0.29, 0.717) is 0 Å². The molecule has 2 aliphatic carbocycles. The van der Waals surface area contributed by atoms with Gasteiger partial charge in [-0.2, -0.15) is 0 Å². The van der Waals surface area contributed by atoms with E-state index in [4.69, 9.17) is 0 Å². The molecule has 0 radical (unpaired) electrons. The van der Waals surface area contributed by atoms with Crippen molar-refractivity contribution >= 4 is 11.9 Å². The van der Waals surface area contributed by atoms with Crippen molar-refractivity contribution in [2.24, 2.45) is 11.8 Å². The smallest absolute Gasteiger partial charge is 0.326 e. The first-order valence-electron chi connectivity index (χ1n) is 7.57. The summed E-state index contributed by atoms with van der Waals surface area (Å²) in [4.78, 5) is 23.6. The van der Waals surface area contributed by atoms with Gasteiger partial charge in [-0.25, -0.2) is 4.79 Å². The molecule has 0 aliphatic heterocycles. The first kappa shape index (κ1) is 14.1. The van der Waals surface area contributed by atoms with Crippen LogP contribution >= 0.6 is 0 Å². The van der Waals surface area contributed by atoms with E-state index in [1.165, 1.54) is 11.1 Å². The van der Waals surface area contributed by atoms with Gasteiger partial charge in [-0.15, -0.1) is 0 Å². The number of carbonyl (C=O) groups is 2. The van der Waals surface area contributed by atoms with E-state index in [1.807, 2.05) is 26.0 Å². The molecule has 21 heavy (non-hydrogen) atoms. The summed E-state index contributed by atoms with van der Waals surface area (Å²) in [5, 5.41) is 11.9. The minimum absolute atomic E-state index is 0.0271. The fourth-order valence-electron chi connectivity index (χ4n) is 3.71. The second kappa shape index (κ2) is 4.86. The van der Waals surface area contributed by atoms with Gasteiger partial charge in [-0.3, -0.25) is 4.79 Å². The first-order chi connectivity index (χ1) is 9.95. The molecule has 1 saturated carbocycles. The number of nitrogens with one attached hydrogen (secondary N) is 1. The van der Waals surface area contributed by atoms with E-state index in [9.17, 15) is 14.7 Å². The van der Waals surface area contributed by atoms with Crippen LogP contribution in [0.5, 0.6) is 0 Å². The van der Waals surface area contributed by atoms with Crippen molar-refractivity contribution in [1.82, 2.24) is 5.32 Å². The van der Waals surface area contributed by atoms with Crippen molar-refractivity contribution < 1.29 is 14.7 Å². The highest BCUT2D eigenvalue weighted by molar-refractivity contribution is 5.89. The number of carbonyl (C=O) groups excluding carboxylic acids is 1. The van der Waals surface area contributed by atoms with Crippen molar-refractivity contribution in [3.05, 3.63) is 35.4 Å². The molecule has 0 saturated heterocycles. The second-order valence-corrected chi connectivity index (χ2v) is 6.64. The van der Waals surface area contributed by atoms with Gasteiger partial charge in [0.1, 0.15) is 6.04 Å². The summed E-state index contributed by atoms with van der Waals surface area (Å²) in [6.07, 6.45) is 2.87. The molecule has 1 amide bonds. The molecule has 3 rings (SSSR count). The summed E-state index contributed by atoms with van der Waals surface area (Å²) in [5.74, 6) is -1.24. The van der Waals surface area contributed by atoms with Gasteiger partial charge in [0, 0.05) is 11.3 Å². The lowest BCUT2D eigenvalue weighted by atomic mass is 9.95. The van der Waals surface area contributed by atoms with Gasteiger partial charge in [0.25, 0.3) is 0 Å². The fraction of sp³-hybridized carbons (Fsp3) is 0.529. The normalized spacial score (nSPS) is 27.5. The Hall–Kier alpha value is -1.84. The van der Waals surface area contributed by atoms with Gasteiger partial charge < -0.3 is 10.4 Å². The molecule has 0 bridgehead atoms. The highest BCUT2D eigenvalue weighted by Gasteiger charge is 2.61. The number of hydrogen-bond acceptors (Lipinski definition) is 2. The third-order valence-electron chi connectivity index (χ3n) is 5.02. The second-order valence-electron chi connectivity index (χ2n) is 6.64. The third kappa shape index (κ3) is 2.23. The summed E-state index contributed by atoms with van der Waals surface area (Å²) in [7, 11) is 0. The Balaban J connectivity index is 1.74. The van der Waals surface area contributed by atoms with E-state index in [2.05, 4.69) is 17.4 Å². The van der Waals surface area contributed by atoms with E-state index < -0.39 is 12.0 Å². The molecular formula is C17H21NO3. The van der Waals surface area contributed by atoms with Crippen molar-refractivity contribution in [1.29, 1.82) is 0 Å². The summed E-state index contributed by atoms with van der Waals surface area (Å²) < 4.78 is 0. The zero-order chi connectivity index (χ0) is 15.2. The number of aryl methyl sites for hydroxylation is 1. The number of carboxylic acid groups (broad SMARTS) is 1. The maximum atomic E-state index is 12.4. The van der Waals surface area contributed by atoms with E-state index in [1.54, 1.807) is 0 Å². The zero-order valence-corrected chi connectivity index (χ0v) is 12.4. The molecule has 2 aliphatic rings. The lowest BCUT2D eigenvalue weighted by molar-refractivity contribution is -0.143. The molecule has 3 atom stereocenters. The molecule has 1 fully saturated rings. The van der Waals surface area contributed by atoms with E-state index in [-0.39, 0.29) is 23.2 Å². The van der Waals surface area contributed by atoms with Gasteiger partial charge >= 0.3 is 5.97 Å². The minimum atomic E-state index is -0.958. The number of hydrogen-bond donors (Lipinski definition) is 2. The molecule has 4 nitrogen and oxygen atoms in total. The lowest BCUT2D eigenvalue weighted by Gasteiger charge is -2.19. The molecule has 1 aromatic carbocycles. The standard InChI is InChI=1S/C17H21NO3/c1-10(2)14(16(20)21)18-15(19)13-9-17(13)8-7-11-5-3-4-6-12(11)17/h3-6,10,13-14H,7-9H2,1-2H3,(H,18,19)(H,20,21)/t13?,14-,17?/m1/s1. The van der Waals surface area contributed by atoms with Crippen LogP contribution in [0.15, 0.2) is 24.3 Å². The Morgan fingerprint density at radius 1 is 1.33 bits per heavy atom. The third-order valence-corrected chi connectivity index (χ3v) is 5.02. The summed E-state index contributed by atoms with van der Waals surface area (Å²) in [6.45, 7) is 3.62. The Kier molecular flexibility index (Phi) is 3.27. The fourth-order valence-corrected chi connectivity index (χ4v) is 3.71. The predicted molar refractivity (Wildman–Crippen MR) is 79.0 cm³/mol. The average Bonchev–Trinajstić information content (AvgIpc) is 3.06. The van der Waals surface area contributed by atoms with Gasteiger partial charge in [0.05, 0.1) is 0 Å². The maximum Gasteiger partial charge on any atom is 0.326 e. The molecular weight excluding hydrogens is 266 g/mol. The van der Waals surface area contributed by atoms with Gasteiger partial charge in [-0.05, 0) is 36.3 Å². The van der Waals surface area contributed by atoms with Crippen LogP contribution in [0.4, 0.5) is 0 Å². The number of rotatable bonds is 4. The Morgan fingerprint density at radius 3 is 2.71 bits per heavy atom. The summed E-state index contributed by atoms with van der Waals surface area (Å²) in [6, 6.07) is 7.51. The number of fused-ring (bicyclic) bond motifs is 2. The largest absolute Gasteiger partial charge is 0.480 e. The highest BCUT2D eigenvalue weighted by atomic mass is 16.4. The average molecular weight is 287 g/mol. The molecule has 112 valence electrons. The molecule has 1 aromatic rings. The molecule has 0 heterocycles. The monoisotopic (exact) mass is 287 g/mol. The minimum Gasteiger partial charge on any atom is -0.480 e. The topological polar surface area (TPSA) is 66.4 Å². The number of aliphatic carboxylic acids is 1. The van der Waals surface area contributed by atoms with Crippen molar-refractivity contribution in [2.45, 2.75) is 44.6 Å². The Bertz CT molecular complexity index is 595. The molecule has 4 heteroatoms. The van der Waals surface area contributed by atoms with Gasteiger partial charge in [0.2, 0.25) is 5.91 Å².